The standard InChI is InChI=1S/C21H28N2O2/c1-3-4-5-6-7-8-17-14-22-21(23-15-17)19-11-9-18(10-12-19)16(2)13-20(24)25/h9-12,14-16H,3-8,13H2,1-2H3,(H,24,25). The van der Waals surface area contributed by atoms with Crippen LogP contribution in [0.15, 0.2) is 36.7 Å². The zero-order valence-corrected chi connectivity index (χ0v) is 15.2. The molecule has 2 rings (SSSR count). The van der Waals surface area contributed by atoms with Gasteiger partial charge in [-0.25, -0.2) is 9.97 Å². The lowest BCUT2D eigenvalue weighted by molar-refractivity contribution is -0.137. The van der Waals surface area contributed by atoms with Crippen molar-refractivity contribution in [3.05, 3.63) is 47.8 Å². The number of rotatable bonds is 10. The molecule has 0 aliphatic heterocycles. The minimum absolute atomic E-state index is 0.00236. The number of aromatic nitrogens is 2. The van der Waals surface area contributed by atoms with Crippen LogP contribution in [0.1, 0.15) is 69.4 Å². The highest BCUT2D eigenvalue weighted by molar-refractivity contribution is 5.68. The summed E-state index contributed by atoms with van der Waals surface area (Å²) < 4.78 is 0. The molecule has 4 heteroatoms. The second-order valence-electron chi connectivity index (χ2n) is 6.70. The Balaban J connectivity index is 1.92. The van der Waals surface area contributed by atoms with E-state index in [-0.39, 0.29) is 12.3 Å². The Hall–Kier alpha value is -2.23. The summed E-state index contributed by atoms with van der Waals surface area (Å²) in [4.78, 5) is 19.8. The van der Waals surface area contributed by atoms with Crippen molar-refractivity contribution >= 4 is 5.97 Å². The maximum absolute atomic E-state index is 10.8. The summed E-state index contributed by atoms with van der Waals surface area (Å²) in [5.74, 6) is -0.0556. The van der Waals surface area contributed by atoms with E-state index in [1.165, 1.54) is 37.7 Å². The third kappa shape index (κ3) is 6.29. The van der Waals surface area contributed by atoms with Crippen LogP contribution in [0.25, 0.3) is 11.4 Å². The molecule has 1 heterocycles. The second kappa shape index (κ2) is 9.92. The van der Waals surface area contributed by atoms with Crippen LogP contribution in [0.5, 0.6) is 0 Å². The van der Waals surface area contributed by atoms with Gasteiger partial charge in [0.2, 0.25) is 0 Å². The molecule has 0 radical (unpaired) electrons. The third-order valence-electron chi connectivity index (χ3n) is 4.49. The lowest BCUT2D eigenvalue weighted by Crippen LogP contribution is -2.02. The highest BCUT2D eigenvalue weighted by Crippen LogP contribution is 2.22. The van der Waals surface area contributed by atoms with Gasteiger partial charge in [-0.3, -0.25) is 4.79 Å². The van der Waals surface area contributed by atoms with Crippen LogP contribution >= 0.6 is 0 Å². The summed E-state index contributed by atoms with van der Waals surface area (Å²) in [5.41, 5.74) is 3.17. The zero-order chi connectivity index (χ0) is 18.1. The van der Waals surface area contributed by atoms with E-state index < -0.39 is 5.97 Å². The summed E-state index contributed by atoms with van der Waals surface area (Å²) >= 11 is 0. The van der Waals surface area contributed by atoms with Crippen LogP contribution in [0.3, 0.4) is 0 Å². The summed E-state index contributed by atoms with van der Waals surface area (Å²) in [5, 5.41) is 8.89. The van der Waals surface area contributed by atoms with Gasteiger partial charge in [-0.15, -0.1) is 0 Å². The van der Waals surface area contributed by atoms with Crippen LogP contribution in [0, 0.1) is 0 Å². The van der Waals surface area contributed by atoms with E-state index in [1.807, 2.05) is 43.6 Å². The van der Waals surface area contributed by atoms with Crippen LogP contribution in [0.2, 0.25) is 0 Å². The smallest absolute Gasteiger partial charge is 0.303 e. The predicted molar refractivity (Wildman–Crippen MR) is 101 cm³/mol. The number of nitrogens with zero attached hydrogens (tertiary/aromatic N) is 2. The lowest BCUT2D eigenvalue weighted by atomic mass is 9.97. The number of aliphatic carboxylic acids is 1. The fourth-order valence-electron chi connectivity index (χ4n) is 2.91. The van der Waals surface area contributed by atoms with E-state index in [1.54, 1.807) is 0 Å². The van der Waals surface area contributed by atoms with Gasteiger partial charge < -0.3 is 5.11 Å². The summed E-state index contributed by atoms with van der Waals surface area (Å²) in [6, 6.07) is 7.86. The number of hydrogen-bond donors (Lipinski definition) is 1. The van der Waals surface area contributed by atoms with Gasteiger partial charge in [0.15, 0.2) is 5.82 Å². The number of carboxylic acids is 1. The van der Waals surface area contributed by atoms with Gasteiger partial charge in [-0.2, -0.15) is 0 Å². The Labute approximate surface area is 150 Å². The molecule has 0 aliphatic rings. The average Bonchev–Trinajstić information content (AvgIpc) is 2.62. The van der Waals surface area contributed by atoms with Gasteiger partial charge in [-0.05, 0) is 29.9 Å². The summed E-state index contributed by atoms with van der Waals surface area (Å²) in [7, 11) is 0. The number of carbonyl (C=O) groups is 1. The van der Waals surface area contributed by atoms with Crippen LogP contribution < -0.4 is 0 Å². The first kappa shape index (κ1) is 19.1. The van der Waals surface area contributed by atoms with Crippen molar-refractivity contribution in [1.82, 2.24) is 9.97 Å². The fourth-order valence-corrected chi connectivity index (χ4v) is 2.91. The van der Waals surface area contributed by atoms with Crippen molar-refractivity contribution in [2.24, 2.45) is 0 Å². The normalized spacial score (nSPS) is 12.1. The number of aryl methyl sites for hydroxylation is 1. The molecule has 134 valence electrons. The Bertz CT molecular complexity index is 651. The molecule has 0 saturated carbocycles. The van der Waals surface area contributed by atoms with Gasteiger partial charge in [-0.1, -0.05) is 63.8 Å². The minimum atomic E-state index is -0.773. The fraction of sp³-hybridized carbons (Fsp3) is 0.476. The SMILES string of the molecule is CCCCCCCc1cnc(-c2ccc(C(C)CC(=O)O)cc2)nc1. The zero-order valence-electron chi connectivity index (χ0n) is 15.2. The van der Waals surface area contributed by atoms with Crippen LogP contribution in [-0.4, -0.2) is 21.0 Å². The van der Waals surface area contributed by atoms with E-state index in [4.69, 9.17) is 5.11 Å². The number of unbranched alkanes of at least 4 members (excludes halogenated alkanes) is 4. The van der Waals surface area contributed by atoms with Gasteiger partial charge in [0, 0.05) is 18.0 Å². The summed E-state index contributed by atoms with van der Waals surface area (Å²) in [6.45, 7) is 4.15. The molecule has 1 aromatic carbocycles. The monoisotopic (exact) mass is 340 g/mol. The highest BCUT2D eigenvalue weighted by atomic mass is 16.4. The predicted octanol–water partition coefficient (Wildman–Crippen LogP) is 5.23. The molecule has 0 aliphatic carbocycles. The van der Waals surface area contributed by atoms with E-state index in [2.05, 4.69) is 16.9 Å². The van der Waals surface area contributed by atoms with Crippen LogP contribution in [-0.2, 0) is 11.2 Å². The van der Waals surface area contributed by atoms with Crippen molar-refractivity contribution in [1.29, 1.82) is 0 Å². The number of carboxylic acid groups (broad SMARTS) is 1. The first-order valence-electron chi connectivity index (χ1n) is 9.23. The second-order valence-corrected chi connectivity index (χ2v) is 6.70. The largest absolute Gasteiger partial charge is 0.481 e. The molecular weight excluding hydrogens is 312 g/mol. The first-order valence-corrected chi connectivity index (χ1v) is 9.23. The molecule has 2 aromatic rings. The van der Waals surface area contributed by atoms with Crippen molar-refractivity contribution < 1.29 is 9.90 Å². The van der Waals surface area contributed by atoms with E-state index in [0.717, 1.165) is 17.5 Å². The number of hydrogen-bond acceptors (Lipinski definition) is 3. The Morgan fingerprint density at radius 3 is 2.28 bits per heavy atom. The molecule has 1 aromatic heterocycles. The third-order valence-corrected chi connectivity index (χ3v) is 4.49. The average molecular weight is 340 g/mol. The molecule has 0 amide bonds. The Morgan fingerprint density at radius 2 is 1.68 bits per heavy atom. The van der Waals surface area contributed by atoms with Crippen molar-refractivity contribution in [3.63, 3.8) is 0 Å². The molecule has 4 nitrogen and oxygen atoms in total. The van der Waals surface area contributed by atoms with Crippen molar-refractivity contribution in [2.45, 2.75) is 64.7 Å². The van der Waals surface area contributed by atoms with Gasteiger partial charge in [0.05, 0.1) is 6.42 Å². The van der Waals surface area contributed by atoms with Gasteiger partial charge in [0.1, 0.15) is 0 Å². The quantitative estimate of drug-likeness (QED) is 0.601. The van der Waals surface area contributed by atoms with E-state index in [9.17, 15) is 4.79 Å². The lowest BCUT2D eigenvalue weighted by Gasteiger charge is -2.10. The molecule has 0 spiro atoms. The molecule has 1 atom stereocenters. The maximum Gasteiger partial charge on any atom is 0.303 e. The van der Waals surface area contributed by atoms with E-state index in [0.29, 0.717) is 5.82 Å². The Kier molecular flexibility index (Phi) is 7.58. The molecule has 0 fully saturated rings. The maximum atomic E-state index is 10.8. The van der Waals surface area contributed by atoms with Crippen LogP contribution in [0.4, 0.5) is 0 Å². The molecule has 0 bridgehead atoms. The molecule has 1 unspecified atom stereocenters. The van der Waals surface area contributed by atoms with Gasteiger partial charge in [0.25, 0.3) is 0 Å². The molecule has 25 heavy (non-hydrogen) atoms. The molecule has 0 saturated heterocycles. The topological polar surface area (TPSA) is 63.1 Å². The van der Waals surface area contributed by atoms with E-state index >= 15 is 0 Å². The number of benzene rings is 1. The molecular formula is C21H28N2O2. The molecule has 1 N–H and O–H groups in total. The highest BCUT2D eigenvalue weighted by Gasteiger charge is 2.10. The van der Waals surface area contributed by atoms with Crippen molar-refractivity contribution in [2.75, 3.05) is 0 Å². The minimum Gasteiger partial charge on any atom is -0.481 e. The van der Waals surface area contributed by atoms with Crippen molar-refractivity contribution in [3.8, 4) is 11.4 Å². The summed E-state index contributed by atoms with van der Waals surface area (Å²) in [6.07, 6.45) is 11.4. The van der Waals surface area contributed by atoms with Gasteiger partial charge >= 0.3 is 5.97 Å². The Morgan fingerprint density at radius 1 is 1.04 bits per heavy atom. The first-order chi connectivity index (χ1) is 12.1.